The van der Waals surface area contributed by atoms with Crippen LogP contribution in [0.1, 0.15) is 68.2 Å². The topological polar surface area (TPSA) is 114 Å². The lowest BCUT2D eigenvalue weighted by atomic mass is 10.2. The molecule has 0 saturated heterocycles. The Balaban J connectivity index is -0.000000229. The van der Waals surface area contributed by atoms with E-state index in [1.807, 2.05) is 27.7 Å². The molecule has 2 N–H and O–H groups in total. The fraction of sp³-hybridized carbons (Fsp3) is 0.917. The van der Waals surface area contributed by atoms with Crippen LogP contribution in [0, 0.1) is 5.92 Å². The van der Waals surface area contributed by atoms with E-state index in [1.54, 1.807) is 14.2 Å². The number of carbonyl (C=O) groups is 2. The predicted molar refractivity (Wildman–Crippen MR) is 144 cm³/mol. The van der Waals surface area contributed by atoms with Gasteiger partial charge in [-0.25, -0.2) is 4.79 Å². The summed E-state index contributed by atoms with van der Waals surface area (Å²) in [5.74, 6) is 0.715. The maximum absolute atomic E-state index is 10.9. The van der Waals surface area contributed by atoms with Crippen LogP contribution in [0.15, 0.2) is 0 Å². The highest BCUT2D eigenvalue weighted by atomic mass is 28.4. The van der Waals surface area contributed by atoms with Crippen LogP contribution < -0.4 is 10.6 Å². The van der Waals surface area contributed by atoms with E-state index in [0.29, 0.717) is 38.3 Å². The minimum absolute atomic E-state index is 0.0394. The Morgan fingerprint density at radius 3 is 1.54 bits per heavy atom. The smallest absolute Gasteiger partial charge is 0.453 e. The van der Waals surface area contributed by atoms with Gasteiger partial charge in [0.1, 0.15) is 0 Å². The van der Waals surface area contributed by atoms with Gasteiger partial charge in [0.25, 0.3) is 0 Å². The Morgan fingerprint density at radius 1 is 0.829 bits per heavy atom. The molecule has 10 nitrogen and oxygen atoms in total. The Labute approximate surface area is 216 Å². The van der Waals surface area contributed by atoms with E-state index < -0.39 is 14.9 Å². The largest absolute Gasteiger partial charge is 0.500 e. The monoisotopic (exact) mass is 528 g/mol. The van der Waals surface area contributed by atoms with Gasteiger partial charge >= 0.3 is 14.9 Å². The molecule has 35 heavy (non-hydrogen) atoms. The molecule has 0 aromatic rings. The molecule has 2 amide bonds. The maximum atomic E-state index is 10.9. The molecule has 0 unspecified atom stereocenters. The molecule has 0 aromatic carbocycles. The highest BCUT2D eigenvalue weighted by Gasteiger charge is 2.39. The van der Waals surface area contributed by atoms with E-state index >= 15 is 0 Å². The second-order valence-corrected chi connectivity index (χ2v) is 10.2. The third kappa shape index (κ3) is 37.5. The van der Waals surface area contributed by atoms with Gasteiger partial charge < -0.3 is 38.1 Å². The van der Waals surface area contributed by atoms with Crippen molar-refractivity contribution in [1.82, 2.24) is 10.6 Å². The summed E-state index contributed by atoms with van der Waals surface area (Å²) in [5.41, 5.74) is 0. The lowest BCUT2D eigenvalue weighted by molar-refractivity contribution is -0.118. The van der Waals surface area contributed by atoms with Gasteiger partial charge in [-0.1, -0.05) is 20.8 Å². The van der Waals surface area contributed by atoms with E-state index in [2.05, 4.69) is 36.1 Å². The van der Waals surface area contributed by atoms with Crippen molar-refractivity contribution in [2.45, 2.75) is 74.3 Å². The summed E-state index contributed by atoms with van der Waals surface area (Å²) in [7, 11) is 2.21. The van der Waals surface area contributed by atoms with Crippen LogP contribution in [0.5, 0.6) is 0 Å². The van der Waals surface area contributed by atoms with Crippen molar-refractivity contribution in [1.29, 1.82) is 0 Å². The molecule has 0 radical (unpaired) electrons. The van der Waals surface area contributed by atoms with E-state index in [-0.39, 0.29) is 5.91 Å². The summed E-state index contributed by atoms with van der Waals surface area (Å²) in [6.07, 6.45) is 1.43. The molecule has 0 atom stereocenters. The molecule has 0 rings (SSSR count). The van der Waals surface area contributed by atoms with Crippen LogP contribution in [0.4, 0.5) is 4.79 Å². The lowest BCUT2D eigenvalue weighted by Gasteiger charge is -2.28. The molecule has 0 saturated carbocycles. The number of nitrogens with one attached hydrogen (secondary N) is 2. The quantitative estimate of drug-likeness (QED) is 0.239. The van der Waals surface area contributed by atoms with E-state index in [9.17, 15) is 9.59 Å². The fourth-order valence-corrected chi connectivity index (χ4v) is 4.97. The van der Waals surface area contributed by atoms with Crippen molar-refractivity contribution in [2.75, 3.05) is 67.5 Å². The van der Waals surface area contributed by atoms with Crippen LogP contribution in [-0.4, -0.2) is 88.3 Å². The average molecular weight is 529 g/mol. The number of carbonyl (C=O) groups excluding carboxylic acids is 2. The Morgan fingerprint density at radius 2 is 1.34 bits per heavy atom. The van der Waals surface area contributed by atoms with E-state index in [0.717, 1.165) is 32.6 Å². The summed E-state index contributed by atoms with van der Waals surface area (Å²) in [6.45, 7) is 20.2. The summed E-state index contributed by atoms with van der Waals surface area (Å²) in [5, 5.41) is 5.20. The molecule has 0 aliphatic rings. The Kier molecular flexibility index (Phi) is 38.3. The number of hydrogen-bond donors (Lipinski definition) is 2. The standard InChI is InChI=1S/C11H25NO5Si.C5H12O.C4H9NO.C4H10O/c1-5-15-18(16-6-2,17-7-3)10-8-9-12-11(13)14-4;1-5(2)4-6-3;1-3-5-4(2)6;1-3-4-5-2/h5-10H2,1-4H3,(H,12,13);5H,4H2,1-3H3;3H2,1-2H3,(H,5,6);3-4H2,1-2H3. The van der Waals surface area contributed by atoms with Crippen LogP contribution in [0.2, 0.25) is 6.04 Å². The van der Waals surface area contributed by atoms with Crippen molar-refractivity contribution in [2.24, 2.45) is 5.92 Å². The van der Waals surface area contributed by atoms with Gasteiger partial charge in [0.2, 0.25) is 5.91 Å². The molecule has 0 aliphatic heterocycles. The fourth-order valence-electron chi connectivity index (χ4n) is 2.36. The summed E-state index contributed by atoms with van der Waals surface area (Å²) in [4.78, 5) is 20.8. The van der Waals surface area contributed by atoms with Crippen molar-refractivity contribution < 1.29 is 37.1 Å². The van der Waals surface area contributed by atoms with E-state index in [4.69, 9.17) is 22.8 Å². The first-order valence-electron chi connectivity index (χ1n) is 12.6. The molecular formula is C24H56N2O8Si. The third-order valence-corrected chi connectivity index (χ3v) is 6.69. The van der Waals surface area contributed by atoms with Gasteiger partial charge in [-0.05, 0) is 46.5 Å². The molecule has 0 aromatic heterocycles. The molecule has 0 heterocycles. The van der Waals surface area contributed by atoms with Crippen LogP contribution in [0.3, 0.4) is 0 Å². The van der Waals surface area contributed by atoms with Crippen molar-refractivity contribution in [3.05, 3.63) is 0 Å². The lowest BCUT2D eigenvalue weighted by Crippen LogP contribution is -2.46. The maximum Gasteiger partial charge on any atom is 0.500 e. The first kappa shape index (κ1) is 40.9. The molecular weight excluding hydrogens is 472 g/mol. The van der Waals surface area contributed by atoms with Gasteiger partial charge in [-0.3, -0.25) is 4.79 Å². The second-order valence-electron chi connectivity index (χ2n) is 7.43. The molecule has 0 aliphatic carbocycles. The predicted octanol–water partition coefficient (Wildman–Crippen LogP) is 4.25. The summed E-state index contributed by atoms with van der Waals surface area (Å²) >= 11 is 0. The van der Waals surface area contributed by atoms with Crippen LogP contribution in [-0.2, 0) is 32.3 Å². The second kappa shape index (κ2) is 32.8. The zero-order valence-electron chi connectivity index (χ0n) is 24.4. The SMILES string of the molecule is CCCOC.CCNC(C)=O.CCO[Si](CCCNC(=O)OC)(OCC)OCC.COCC(C)C. The molecule has 214 valence electrons. The Hall–Kier alpha value is -1.24. The van der Waals surface area contributed by atoms with Crippen molar-refractivity contribution >= 4 is 20.8 Å². The normalized spacial score (nSPS) is 10.1. The minimum Gasteiger partial charge on any atom is -0.453 e. The van der Waals surface area contributed by atoms with Gasteiger partial charge in [0.05, 0.1) is 7.11 Å². The average Bonchev–Trinajstić information content (AvgIpc) is 2.79. The zero-order valence-corrected chi connectivity index (χ0v) is 25.4. The molecule has 0 bridgehead atoms. The van der Waals surface area contributed by atoms with Gasteiger partial charge in [0.15, 0.2) is 0 Å². The Bertz CT molecular complexity index is 425. The number of amides is 2. The minimum atomic E-state index is -2.57. The van der Waals surface area contributed by atoms with Crippen molar-refractivity contribution in [3.63, 3.8) is 0 Å². The first-order valence-corrected chi connectivity index (χ1v) is 14.5. The molecule has 11 heteroatoms. The third-order valence-electron chi connectivity index (χ3n) is 3.54. The first-order chi connectivity index (χ1) is 16.6. The molecule has 0 spiro atoms. The number of alkyl carbamates (subject to hydrolysis) is 1. The molecule has 0 fully saturated rings. The van der Waals surface area contributed by atoms with Crippen molar-refractivity contribution in [3.8, 4) is 0 Å². The highest BCUT2D eigenvalue weighted by Crippen LogP contribution is 2.17. The van der Waals surface area contributed by atoms with Gasteiger partial charge in [0, 0.05) is 73.3 Å². The summed E-state index contributed by atoms with van der Waals surface area (Å²) in [6, 6.07) is 0.687. The van der Waals surface area contributed by atoms with E-state index in [1.165, 1.54) is 14.0 Å². The zero-order chi connectivity index (χ0) is 28.0. The highest BCUT2D eigenvalue weighted by molar-refractivity contribution is 6.60. The number of ether oxygens (including phenoxy) is 3. The number of rotatable bonds is 15. The van der Waals surface area contributed by atoms with Crippen LogP contribution in [0.25, 0.3) is 0 Å². The van der Waals surface area contributed by atoms with Gasteiger partial charge in [-0.15, -0.1) is 0 Å². The van der Waals surface area contributed by atoms with Crippen LogP contribution >= 0.6 is 0 Å². The summed E-state index contributed by atoms with van der Waals surface area (Å²) < 4.78 is 31.1. The number of hydrogen-bond acceptors (Lipinski definition) is 8. The number of methoxy groups -OCH3 is 3. The van der Waals surface area contributed by atoms with Gasteiger partial charge in [-0.2, -0.15) is 0 Å².